The predicted molar refractivity (Wildman–Crippen MR) is 78.6 cm³/mol. The van der Waals surface area contributed by atoms with E-state index in [1.807, 2.05) is 24.3 Å². The fraction of sp³-hybridized carbons (Fsp3) is 0.588. The third-order valence-electron chi connectivity index (χ3n) is 3.86. The number of rotatable bonds is 4. The van der Waals surface area contributed by atoms with Gasteiger partial charge >= 0.3 is 5.97 Å². The Morgan fingerprint density at radius 1 is 1.30 bits per heavy atom. The first kappa shape index (κ1) is 14.9. The minimum atomic E-state index is -0.245. The van der Waals surface area contributed by atoms with Crippen molar-refractivity contribution < 1.29 is 14.3 Å². The predicted octanol–water partition coefficient (Wildman–Crippen LogP) is 4.13. The average Bonchev–Trinajstić information content (AvgIpc) is 2.32. The summed E-state index contributed by atoms with van der Waals surface area (Å²) >= 11 is 0. The third kappa shape index (κ3) is 3.33. The molecule has 20 heavy (non-hydrogen) atoms. The van der Waals surface area contributed by atoms with Crippen molar-refractivity contribution in [3.05, 3.63) is 29.8 Å². The summed E-state index contributed by atoms with van der Waals surface area (Å²) in [6.45, 7) is 6.27. The molecule has 1 aromatic rings. The maximum atomic E-state index is 12.2. The molecule has 1 aromatic carbocycles. The van der Waals surface area contributed by atoms with Crippen LogP contribution >= 0.6 is 0 Å². The highest BCUT2D eigenvalue weighted by Crippen LogP contribution is 2.39. The van der Waals surface area contributed by atoms with Crippen molar-refractivity contribution in [2.45, 2.75) is 46.1 Å². The topological polar surface area (TPSA) is 35.5 Å². The van der Waals surface area contributed by atoms with Gasteiger partial charge in [-0.1, -0.05) is 39.3 Å². The normalized spacial score (nSPS) is 17.2. The van der Waals surface area contributed by atoms with Crippen LogP contribution in [0.1, 0.15) is 51.7 Å². The molecular weight excluding hydrogens is 252 g/mol. The zero-order valence-corrected chi connectivity index (χ0v) is 12.8. The van der Waals surface area contributed by atoms with Crippen molar-refractivity contribution in [1.82, 2.24) is 0 Å². The van der Waals surface area contributed by atoms with Crippen LogP contribution in [0.15, 0.2) is 24.3 Å². The molecule has 1 aliphatic rings. The quantitative estimate of drug-likeness (QED) is 0.776. The molecule has 0 spiro atoms. The molecule has 1 fully saturated rings. The van der Waals surface area contributed by atoms with Crippen LogP contribution in [0.25, 0.3) is 0 Å². The van der Waals surface area contributed by atoms with E-state index in [0.29, 0.717) is 0 Å². The Bertz CT molecular complexity index is 469. The van der Waals surface area contributed by atoms with Crippen molar-refractivity contribution in [1.29, 1.82) is 0 Å². The zero-order valence-electron chi connectivity index (χ0n) is 12.8. The maximum absolute atomic E-state index is 12.2. The number of ether oxygens (including phenoxy) is 2. The minimum absolute atomic E-state index is 0.0565. The molecule has 0 aromatic heterocycles. The molecule has 0 heterocycles. The van der Waals surface area contributed by atoms with E-state index in [0.717, 1.165) is 30.6 Å². The molecule has 3 nitrogen and oxygen atoms in total. The van der Waals surface area contributed by atoms with E-state index >= 15 is 0 Å². The van der Waals surface area contributed by atoms with E-state index in [-0.39, 0.29) is 23.4 Å². The molecule has 0 unspecified atom stereocenters. The molecule has 110 valence electrons. The summed E-state index contributed by atoms with van der Waals surface area (Å²) in [5, 5.41) is 0. The van der Waals surface area contributed by atoms with Gasteiger partial charge in [0.25, 0.3) is 0 Å². The molecule has 0 saturated heterocycles. The largest absolute Gasteiger partial charge is 0.497 e. The van der Waals surface area contributed by atoms with E-state index in [4.69, 9.17) is 9.47 Å². The lowest BCUT2D eigenvalue weighted by Gasteiger charge is -2.33. The molecule has 0 radical (unpaired) electrons. The number of hydrogen-bond donors (Lipinski definition) is 0. The summed E-state index contributed by atoms with van der Waals surface area (Å²) in [6, 6.07) is 7.78. The van der Waals surface area contributed by atoms with E-state index in [1.165, 1.54) is 0 Å². The lowest BCUT2D eigenvalue weighted by Crippen LogP contribution is -2.30. The second-order valence-electron chi connectivity index (χ2n) is 6.59. The molecule has 1 atom stereocenters. The maximum Gasteiger partial charge on any atom is 0.309 e. The Kier molecular flexibility index (Phi) is 4.36. The first-order valence-corrected chi connectivity index (χ1v) is 7.26. The van der Waals surface area contributed by atoms with Crippen LogP contribution < -0.4 is 4.74 Å². The average molecular weight is 276 g/mol. The highest BCUT2D eigenvalue weighted by Gasteiger charge is 2.34. The van der Waals surface area contributed by atoms with Crippen molar-refractivity contribution in [3.8, 4) is 5.75 Å². The van der Waals surface area contributed by atoms with Gasteiger partial charge in [0.2, 0.25) is 0 Å². The van der Waals surface area contributed by atoms with Gasteiger partial charge in [0.15, 0.2) is 0 Å². The molecule has 2 rings (SSSR count). The molecule has 0 N–H and O–H groups in total. The number of hydrogen-bond acceptors (Lipinski definition) is 3. The first-order valence-electron chi connectivity index (χ1n) is 7.26. The molecule has 0 aliphatic heterocycles. The summed E-state index contributed by atoms with van der Waals surface area (Å²) in [7, 11) is 1.64. The highest BCUT2D eigenvalue weighted by atomic mass is 16.5. The fourth-order valence-corrected chi connectivity index (χ4v) is 2.41. The monoisotopic (exact) mass is 276 g/mol. The molecule has 1 saturated carbocycles. The first-order chi connectivity index (χ1) is 9.41. The second-order valence-corrected chi connectivity index (χ2v) is 6.59. The van der Waals surface area contributed by atoms with Gasteiger partial charge in [-0.3, -0.25) is 4.79 Å². The van der Waals surface area contributed by atoms with Crippen LogP contribution in [0.5, 0.6) is 5.75 Å². The Hall–Kier alpha value is -1.51. The highest BCUT2D eigenvalue weighted by molar-refractivity contribution is 5.73. The summed E-state index contributed by atoms with van der Waals surface area (Å²) in [5.74, 6) is 0.834. The van der Waals surface area contributed by atoms with E-state index in [1.54, 1.807) is 7.11 Å². The Morgan fingerprint density at radius 3 is 2.50 bits per heavy atom. The van der Waals surface area contributed by atoms with Crippen molar-refractivity contribution >= 4 is 5.97 Å². The molecule has 0 amide bonds. The van der Waals surface area contributed by atoms with E-state index in [9.17, 15) is 4.79 Å². The molecular formula is C17H24O3. The number of benzene rings is 1. The molecule has 1 aliphatic carbocycles. The molecule has 0 bridgehead atoms. The van der Waals surface area contributed by atoms with Crippen molar-refractivity contribution in [2.24, 2.45) is 11.3 Å². The number of esters is 1. The number of methoxy groups -OCH3 is 1. The minimum Gasteiger partial charge on any atom is -0.497 e. The fourth-order valence-electron chi connectivity index (χ4n) is 2.41. The van der Waals surface area contributed by atoms with Gasteiger partial charge in [-0.05, 0) is 30.5 Å². The lowest BCUT2D eigenvalue weighted by atomic mass is 9.83. The van der Waals surface area contributed by atoms with E-state index < -0.39 is 0 Å². The van der Waals surface area contributed by atoms with Gasteiger partial charge < -0.3 is 9.47 Å². The van der Waals surface area contributed by atoms with Gasteiger partial charge in [0.1, 0.15) is 11.9 Å². The van der Waals surface area contributed by atoms with Gasteiger partial charge in [0, 0.05) is 5.41 Å². The molecule has 3 heteroatoms. The smallest absolute Gasteiger partial charge is 0.309 e. The third-order valence-corrected chi connectivity index (χ3v) is 3.86. The SMILES string of the molecule is COc1cccc([C@H](OC(=O)C2CCC2)C(C)(C)C)c1. The Morgan fingerprint density at radius 2 is 2.00 bits per heavy atom. The summed E-state index contributed by atoms with van der Waals surface area (Å²) in [4.78, 5) is 12.2. The van der Waals surface area contributed by atoms with Gasteiger partial charge in [0.05, 0.1) is 13.0 Å². The lowest BCUT2D eigenvalue weighted by molar-refractivity contribution is -0.163. The summed E-state index contributed by atoms with van der Waals surface area (Å²) in [6.07, 6.45) is 2.83. The Balaban J connectivity index is 2.20. The summed E-state index contributed by atoms with van der Waals surface area (Å²) in [5.41, 5.74) is 0.843. The summed E-state index contributed by atoms with van der Waals surface area (Å²) < 4.78 is 11.1. The number of carbonyl (C=O) groups is 1. The zero-order chi connectivity index (χ0) is 14.8. The van der Waals surface area contributed by atoms with Crippen molar-refractivity contribution in [3.63, 3.8) is 0 Å². The van der Waals surface area contributed by atoms with Crippen LogP contribution in [0.3, 0.4) is 0 Å². The van der Waals surface area contributed by atoms with E-state index in [2.05, 4.69) is 20.8 Å². The Labute approximate surface area is 121 Å². The van der Waals surface area contributed by atoms with Gasteiger partial charge in [-0.15, -0.1) is 0 Å². The van der Waals surface area contributed by atoms with Crippen LogP contribution in [0.2, 0.25) is 0 Å². The van der Waals surface area contributed by atoms with Gasteiger partial charge in [-0.25, -0.2) is 0 Å². The van der Waals surface area contributed by atoms with Crippen LogP contribution in [0, 0.1) is 11.3 Å². The standard InChI is InChI=1S/C17H24O3/c1-17(2,3)15(20-16(18)12-7-5-8-12)13-9-6-10-14(11-13)19-4/h6,9-12,15H,5,7-8H2,1-4H3/t15-/m0/s1. The second kappa shape index (κ2) is 5.86. The van der Waals surface area contributed by atoms with Crippen LogP contribution in [-0.2, 0) is 9.53 Å². The van der Waals surface area contributed by atoms with Crippen LogP contribution in [-0.4, -0.2) is 13.1 Å². The van der Waals surface area contributed by atoms with Gasteiger partial charge in [-0.2, -0.15) is 0 Å². The number of carbonyl (C=O) groups excluding carboxylic acids is 1. The van der Waals surface area contributed by atoms with Crippen molar-refractivity contribution in [2.75, 3.05) is 7.11 Å². The van der Waals surface area contributed by atoms with Crippen LogP contribution in [0.4, 0.5) is 0 Å².